The Hall–Kier alpha value is -1.05. The molecule has 1 aliphatic heterocycles. The van der Waals surface area contributed by atoms with E-state index >= 15 is 0 Å². The summed E-state index contributed by atoms with van der Waals surface area (Å²) in [6.45, 7) is 0. The van der Waals surface area contributed by atoms with Gasteiger partial charge in [-0.1, -0.05) is 0 Å². The van der Waals surface area contributed by atoms with Crippen LogP contribution >= 0.6 is 0 Å². The van der Waals surface area contributed by atoms with E-state index in [4.69, 9.17) is 5.11 Å². The van der Waals surface area contributed by atoms with Crippen molar-refractivity contribution in [2.75, 3.05) is 7.11 Å². The maximum Gasteiger partial charge on any atom is 1.00 e. The first-order valence-electron chi connectivity index (χ1n) is 3.42. The maximum atomic E-state index is 10.9. The molecule has 8 heteroatoms. The molecule has 1 aliphatic rings. The Morgan fingerprint density at radius 2 is 2.07 bits per heavy atom. The van der Waals surface area contributed by atoms with Crippen molar-refractivity contribution in [1.82, 2.24) is 0 Å². The number of hydrogen-bond donors (Lipinski definition) is 1. The van der Waals surface area contributed by atoms with Crippen molar-refractivity contribution in [3.05, 3.63) is 11.3 Å². The van der Waals surface area contributed by atoms with E-state index in [1.165, 1.54) is 0 Å². The smallest absolute Gasteiger partial charge is 0.546 e. The van der Waals surface area contributed by atoms with Crippen LogP contribution in [0.25, 0.3) is 0 Å². The number of carbonyl (C=O) groups is 3. The molecule has 1 atom stereocenters. The third-order valence-electron chi connectivity index (χ3n) is 1.54. The number of carboxylic acids is 1. The van der Waals surface area contributed by atoms with Crippen molar-refractivity contribution in [1.29, 1.82) is 0 Å². The fraction of sp³-hybridized carbons (Fsp3) is 0.286. The van der Waals surface area contributed by atoms with Crippen LogP contribution in [0.4, 0.5) is 0 Å². The standard InChI is InChI=1S/C7H6O7.Na/c1-13-6(11)2-3(8)4(5(9)10)14-7(2)12;/h4,8H,1H3,(H,9,10);/q;+1/p-1. The van der Waals surface area contributed by atoms with Gasteiger partial charge in [-0.2, -0.15) is 0 Å². The van der Waals surface area contributed by atoms with Gasteiger partial charge in [-0.25, -0.2) is 9.59 Å². The van der Waals surface area contributed by atoms with Gasteiger partial charge >= 0.3 is 41.5 Å². The summed E-state index contributed by atoms with van der Waals surface area (Å²) in [5.74, 6) is -5.21. The summed E-state index contributed by atoms with van der Waals surface area (Å²) in [4.78, 5) is 32.0. The molecule has 76 valence electrons. The predicted molar refractivity (Wildman–Crippen MR) is 36.6 cm³/mol. The van der Waals surface area contributed by atoms with E-state index in [2.05, 4.69) is 9.47 Å². The molecule has 0 amide bonds. The molecule has 0 saturated heterocycles. The van der Waals surface area contributed by atoms with E-state index in [-0.39, 0.29) is 29.6 Å². The van der Waals surface area contributed by atoms with Crippen molar-refractivity contribution < 1.29 is 63.6 Å². The quantitative estimate of drug-likeness (QED) is 0.283. The Balaban J connectivity index is 0.00000196. The molecule has 15 heavy (non-hydrogen) atoms. The molecule has 1 unspecified atom stereocenters. The summed E-state index contributed by atoms with van der Waals surface area (Å²) in [6.07, 6.45) is -1.93. The molecule has 7 nitrogen and oxygen atoms in total. The van der Waals surface area contributed by atoms with Crippen LogP contribution in [0.2, 0.25) is 0 Å². The fourth-order valence-corrected chi connectivity index (χ4v) is 0.907. The van der Waals surface area contributed by atoms with Crippen LogP contribution in [-0.2, 0) is 23.9 Å². The fourth-order valence-electron chi connectivity index (χ4n) is 0.907. The number of carboxylic acid groups (broad SMARTS) is 1. The van der Waals surface area contributed by atoms with Gasteiger partial charge in [0.1, 0.15) is 0 Å². The molecular formula is C7H5NaO7. The van der Waals surface area contributed by atoms with E-state index in [0.717, 1.165) is 7.11 Å². The van der Waals surface area contributed by atoms with Gasteiger partial charge in [0.15, 0.2) is 17.4 Å². The van der Waals surface area contributed by atoms with E-state index in [0.29, 0.717) is 0 Å². The van der Waals surface area contributed by atoms with E-state index in [9.17, 15) is 19.5 Å². The number of aliphatic carboxylic acids is 1. The summed E-state index contributed by atoms with van der Waals surface area (Å²) in [5.41, 5.74) is -0.818. The zero-order valence-corrected chi connectivity index (χ0v) is 9.97. The molecule has 0 spiro atoms. The summed E-state index contributed by atoms with van der Waals surface area (Å²) in [6, 6.07) is 0. The zero-order valence-electron chi connectivity index (χ0n) is 7.97. The normalized spacial score (nSPS) is 19.3. The molecular weight excluding hydrogens is 219 g/mol. The molecule has 1 heterocycles. The summed E-state index contributed by atoms with van der Waals surface area (Å²) in [7, 11) is 0.974. The second-order valence-corrected chi connectivity index (χ2v) is 2.36. The molecule has 1 N–H and O–H groups in total. The van der Waals surface area contributed by atoms with Crippen LogP contribution in [0, 0.1) is 0 Å². The molecule has 1 rings (SSSR count). The number of carbonyl (C=O) groups excluding carboxylic acids is 3. The Bertz CT molecular complexity index is 345. The first-order chi connectivity index (χ1) is 6.49. The molecule has 0 radical (unpaired) electrons. The Kier molecular flexibility index (Phi) is 4.79. The minimum absolute atomic E-state index is 0. The Morgan fingerprint density at radius 3 is 2.40 bits per heavy atom. The van der Waals surface area contributed by atoms with Crippen LogP contribution in [-0.4, -0.2) is 36.2 Å². The van der Waals surface area contributed by atoms with Crippen LogP contribution < -0.4 is 34.7 Å². The average molecular weight is 224 g/mol. The van der Waals surface area contributed by atoms with Crippen molar-refractivity contribution >= 4 is 17.9 Å². The second-order valence-electron chi connectivity index (χ2n) is 2.36. The zero-order chi connectivity index (χ0) is 10.9. The molecule has 0 aromatic heterocycles. The van der Waals surface area contributed by atoms with Gasteiger partial charge in [0, 0.05) is 0 Å². The van der Waals surface area contributed by atoms with Gasteiger partial charge in [-0.15, -0.1) is 0 Å². The number of hydrogen-bond acceptors (Lipinski definition) is 7. The monoisotopic (exact) mass is 224 g/mol. The first kappa shape index (κ1) is 13.9. The van der Waals surface area contributed by atoms with Crippen molar-refractivity contribution in [2.45, 2.75) is 6.10 Å². The van der Waals surface area contributed by atoms with E-state index < -0.39 is 35.3 Å². The van der Waals surface area contributed by atoms with Crippen molar-refractivity contribution in [2.24, 2.45) is 0 Å². The molecule has 0 bridgehead atoms. The number of aliphatic hydroxyl groups is 1. The summed E-state index contributed by atoms with van der Waals surface area (Å²) < 4.78 is 8.28. The molecule has 0 aliphatic carbocycles. The van der Waals surface area contributed by atoms with Crippen LogP contribution in [0.15, 0.2) is 11.3 Å². The predicted octanol–water partition coefficient (Wildman–Crippen LogP) is -5.35. The number of rotatable bonds is 2. The first-order valence-corrected chi connectivity index (χ1v) is 3.42. The number of methoxy groups -OCH3 is 1. The van der Waals surface area contributed by atoms with E-state index in [1.54, 1.807) is 0 Å². The van der Waals surface area contributed by atoms with Crippen molar-refractivity contribution in [3.8, 4) is 0 Å². The average Bonchev–Trinajstić information content (AvgIpc) is 2.41. The maximum absolute atomic E-state index is 10.9. The summed E-state index contributed by atoms with van der Waals surface area (Å²) in [5, 5.41) is 19.4. The van der Waals surface area contributed by atoms with Gasteiger partial charge in [-0.3, -0.25) is 0 Å². The Labute approximate surface area is 106 Å². The number of esters is 2. The van der Waals surface area contributed by atoms with Gasteiger partial charge in [0.2, 0.25) is 0 Å². The molecule has 0 saturated carbocycles. The largest absolute Gasteiger partial charge is 1.00 e. The van der Waals surface area contributed by atoms with Gasteiger partial charge in [-0.05, 0) is 0 Å². The van der Waals surface area contributed by atoms with Gasteiger partial charge < -0.3 is 24.5 Å². The van der Waals surface area contributed by atoms with Gasteiger partial charge in [0.25, 0.3) is 0 Å². The minimum atomic E-state index is -1.93. The third kappa shape index (κ3) is 2.49. The number of cyclic esters (lactones) is 1. The number of ether oxygens (including phenoxy) is 2. The molecule has 0 aromatic carbocycles. The number of aliphatic hydroxyl groups excluding tert-OH is 1. The van der Waals surface area contributed by atoms with Gasteiger partial charge in [0.05, 0.1) is 13.1 Å². The third-order valence-corrected chi connectivity index (χ3v) is 1.54. The van der Waals surface area contributed by atoms with E-state index in [1.807, 2.05) is 0 Å². The minimum Gasteiger partial charge on any atom is -0.546 e. The molecule has 0 aromatic rings. The van der Waals surface area contributed by atoms with Crippen molar-refractivity contribution in [3.63, 3.8) is 0 Å². The van der Waals surface area contributed by atoms with Crippen LogP contribution in [0.1, 0.15) is 0 Å². The molecule has 0 fully saturated rings. The van der Waals surface area contributed by atoms with Crippen LogP contribution in [0.3, 0.4) is 0 Å². The topological polar surface area (TPSA) is 113 Å². The Morgan fingerprint density at radius 1 is 1.53 bits per heavy atom. The second kappa shape index (κ2) is 5.15. The van der Waals surface area contributed by atoms with Crippen LogP contribution in [0.5, 0.6) is 0 Å². The summed E-state index contributed by atoms with van der Waals surface area (Å²) >= 11 is 0. The SMILES string of the molecule is COC(=O)C1=C(O)C(C(=O)[O-])OC1=O.[Na+].